The van der Waals surface area contributed by atoms with Crippen LogP contribution in [0.15, 0.2) is 4.79 Å². The number of nitriles is 1. The van der Waals surface area contributed by atoms with Crippen LogP contribution in [0, 0.1) is 18.3 Å². The SMILES string of the molecule is CCCn1c(O)c(CN2CCCCC2C)c(C)c(C#N)c1=O. The van der Waals surface area contributed by atoms with Crippen LogP contribution in [0.1, 0.15) is 56.2 Å². The van der Waals surface area contributed by atoms with Gasteiger partial charge in [0.2, 0.25) is 0 Å². The molecule has 1 atom stereocenters. The van der Waals surface area contributed by atoms with Crippen molar-refractivity contribution in [2.45, 2.75) is 65.6 Å². The summed E-state index contributed by atoms with van der Waals surface area (Å²) >= 11 is 0. The summed E-state index contributed by atoms with van der Waals surface area (Å²) in [5.41, 5.74) is 1.12. The van der Waals surface area contributed by atoms with E-state index in [2.05, 4.69) is 11.8 Å². The van der Waals surface area contributed by atoms with Crippen molar-refractivity contribution >= 4 is 0 Å². The first-order valence-corrected chi connectivity index (χ1v) is 8.10. The zero-order valence-electron chi connectivity index (χ0n) is 13.7. The van der Waals surface area contributed by atoms with Crippen LogP contribution >= 0.6 is 0 Å². The van der Waals surface area contributed by atoms with Gasteiger partial charge in [-0.2, -0.15) is 5.26 Å². The Morgan fingerprint density at radius 3 is 2.73 bits per heavy atom. The second-order valence-corrected chi connectivity index (χ2v) is 6.19. The molecule has 2 heterocycles. The Morgan fingerprint density at radius 2 is 2.14 bits per heavy atom. The maximum Gasteiger partial charge on any atom is 0.271 e. The molecule has 0 spiro atoms. The molecule has 1 saturated heterocycles. The molecule has 120 valence electrons. The number of rotatable bonds is 4. The van der Waals surface area contributed by atoms with Crippen LogP contribution < -0.4 is 5.56 Å². The second-order valence-electron chi connectivity index (χ2n) is 6.19. The summed E-state index contributed by atoms with van der Waals surface area (Å²) in [6, 6.07) is 2.48. The highest BCUT2D eigenvalue weighted by molar-refractivity contribution is 5.45. The highest BCUT2D eigenvalue weighted by atomic mass is 16.3. The molecule has 5 heteroatoms. The molecule has 0 bridgehead atoms. The number of aromatic nitrogens is 1. The van der Waals surface area contributed by atoms with Gasteiger partial charge < -0.3 is 5.11 Å². The largest absolute Gasteiger partial charge is 0.494 e. The minimum Gasteiger partial charge on any atom is -0.494 e. The van der Waals surface area contributed by atoms with Crippen LogP contribution in [-0.2, 0) is 13.1 Å². The van der Waals surface area contributed by atoms with E-state index in [0.717, 1.165) is 31.4 Å². The monoisotopic (exact) mass is 303 g/mol. The van der Waals surface area contributed by atoms with Gasteiger partial charge in [0, 0.05) is 24.7 Å². The van der Waals surface area contributed by atoms with Gasteiger partial charge in [-0.3, -0.25) is 14.3 Å². The van der Waals surface area contributed by atoms with Crippen LogP contribution in [0.2, 0.25) is 0 Å². The Morgan fingerprint density at radius 1 is 1.41 bits per heavy atom. The van der Waals surface area contributed by atoms with Crippen molar-refractivity contribution in [2.75, 3.05) is 6.54 Å². The number of likely N-dealkylation sites (tertiary alicyclic amines) is 1. The van der Waals surface area contributed by atoms with E-state index < -0.39 is 0 Å². The van der Waals surface area contributed by atoms with Crippen molar-refractivity contribution in [3.63, 3.8) is 0 Å². The molecule has 1 unspecified atom stereocenters. The van der Waals surface area contributed by atoms with Gasteiger partial charge in [0.1, 0.15) is 11.6 Å². The molecule has 0 aromatic carbocycles. The molecule has 2 rings (SSSR count). The van der Waals surface area contributed by atoms with E-state index in [-0.39, 0.29) is 17.0 Å². The number of aromatic hydroxyl groups is 1. The van der Waals surface area contributed by atoms with Gasteiger partial charge in [0.15, 0.2) is 5.88 Å². The lowest BCUT2D eigenvalue weighted by Crippen LogP contribution is -2.37. The predicted molar refractivity (Wildman–Crippen MR) is 85.8 cm³/mol. The Hall–Kier alpha value is -1.80. The van der Waals surface area contributed by atoms with Crippen LogP contribution in [0.5, 0.6) is 5.88 Å². The summed E-state index contributed by atoms with van der Waals surface area (Å²) in [5, 5.41) is 19.9. The summed E-state index contributed by atoms with van der Waals surface area (Å²) < 4.78 is 1.34. The van der Waals surface area contributed by atoms with Gasteiger partial charge in [-0.1, -0.05) is 13.3 Å². The quantitative estimate of drug-likeness (QED) is 0.928. The maximum atomic E-state index is 12.3. The summed E-state index contributed by atoms with van der Waals surface area (Å²) in [7, 11) is 0. The van der Waals surface area contributed by atoms with Crippen LogP contribution in [0.25, 0.3) is 0 Å². The highest BCUT2D eigenvalue weighted by Crippen LogP contribution is 2.26. The standard InChI is InChI=1S/C17H25N3O2/c1-4-8-20-16(21)14(10-18)13(3)15(17(20)22)11-19-9-6-5-7-12(19)2/h12,22H,4-9,11H2,1-3H3. The minimum absolute atomic E-state index is 0.0288. The van der Waals surface area contributed by atoms with Crippen LogP contribution in [0.3, 0.4) is 0 Å². The van der Waals surface area contributed by atoms with E-state index >= 15 is 0 Å². The van der Waals surface area contributed by atoms with Crippen molar-refractivity contribution in [3.8, 4) is 11.9 Å². The molecule has 22 heavy (non-hydrogen) atoms. The Kier molecular flexibility index (Phi) is 5.25. The molecule has 1 aromatic heterocycles. The molecular formula is C17H25N3O2. The fourth-order valence-electron chi connectivity index (χ4n) is 3.22. The van der Waals surface area contributed by atoms with Crippen molar-refractivity contribution in [1.82, 2.24) is 9.47 Å². The first-order valence-electron chi connectivity index (χ1n) is 8.10. The fourth-order valence-corrected chi connectivity index (χ4v) is 3.22. The number of pyridine rings is 1. The van der Waals surface area contributed by atoms with Gasteiger partial charge in [-0.25, -0.2) is 0 Å². The third-order valence-corrected chi connectivity index (χ3v) is 4.67. The first-order chi connectivity index (χ1) is 10.5. The molecule has 0 aliphatic carbocycles. The lowest BCUT2D eigenvalue weighted by Gasteiger charge is -2.34. The topological polar surface area (TPSA) is 69.3 Å². The number of hydrogen-bond acceptors (Lipinski definition) is 4. The van der Waals surface area contributed by atoms with E-state index in [9.17, 15) is 15.2 Å². The van der Waals surface area contributed by atoms with E-state index in [1.54, 1.807) is 6.92 Å². The molecular weight excluding hydrogens is 278 g/mol. The van der Waals surface area contributed by atoms with Crippen molar-refractivity contribution in [2.24, 2.45) is 0 Å². The van der Waals surface area contributed by atoms with Gasteiger partial charge in [-0.15, -0.1) is 0 Å². The van der Waals surface area contributed by atoms with E-state index in [1.807, 2.05) is 13.0 Å². The summed E-state index contributed by atoms with van der Waals surface area (Å²) in [5.74, 6) is 0.0288. The molecule has 1 aliphatic heterocycles. The third-order valence-electron chi connectivity index (χ3n) is 4.67. The lowest BCUT2D eigenvalue weighted by molar-refractivity contribution is 0.150. The van der Waals surface area contributed by atoms with Crippen molar-refractivity contribution in [1.29, 1.82) is 5.26 Å². The Bertz CT molecular complexity index is 643. The highest BCUT2D eigenvalue weighted by Gasteiger charge is 2.24. The molecule has 0 radical (unpaired) electrons. The van der Waals surface area contributed by atoms with Gasteiger partial charge in [0.05, 0.1) is 0 Å². The average molecular weight is 303 g/mol. The molecule has 0 amide bonds. The van der Waals surface area contributed by atoms with E-state index in [0.29, 0.717) is 24.7 Å². The van der Waals surface area contributed by atoms with Gasteiger partial charge >= 0.3 is 0 Å². The maximum absolute atomic E-state index is 12.3. The lowest BCUT2D eigenvalue weighted by atomic mass is 10.00. The Balaban J connectivity index is 2.48. The summed E-state index contributed by atoms with van der Waals surface area (Å²) in [6.45, 7) is 7.93. The smallest absolute Gasteiger partial charge is 0.271 e. The average Bonchev–Trinajstić information content (AvgIpc) is 2.50. The molecule has 1 aliphatic rings. The van der Waals surface area contributed by atoms with Gasteiger partial charge in [0.25, 0.3) is 5.56 Å². The number of piperidine rings is 1. The number of nitrogens with zero attached hydrogens (tertiary/aromatic N) is 3. The van der Waals surface area contributed by atoms with Crippen molar-refractivity contribution in [3.05, 3.63) is 27.0 Å². The molecule has 1 N–H and O–H groups in total. The summed E-state index contributed by atoms with van der Waals surface area (Å²) in [4.78, 5) is 14.6. The number of hydrogen-bond donors (Lipinski definition) is 1. The zero-order chi connectivity index (χ0) is 16.3. The summed E-state index contributed by atoms with van der Waals surface area (Å²) in [6.07, 6.45) is 4.28. The molecule has 1 fully saturated rings. The third kappa shape index (κ3) is 3.02. The Labute approximate surface area is 131 Å². The van der Waals surface area contributed by atoms with E-state index in [4.69, 9.17) is 0 Å². The molecule has 5 nitrogen and oxygen atoms in total. The van der Waals surface area contributed by atoms with E-state index in [1.165, 1.54) is 11.0 Å². The molecule has 1 aromatic rings. The first kappa shape index (κ1) is 16.6. The van der Waals surface area contributed by atoms with Crippen LogP contribution in [0.4, 0.5) is 0 Å². The molecule has 0 saturated carbocycles. The zero-order valence-corrected chi connectivity index (χ0v) is 13.7. The fraction of sp³-hybridized carbons (Fsp3) is 0.647. The minimum atomic E-state index is -0.380. The second kappa shape index (κ2) is 6.97. The van der Waals surface area contributed by atoms with Crippen LogP contribution in [-0.4, -0.2) is 27.2 Å². The van der Waals surface area contributed by atoms with Gasteiger partial charge in [-0.05, 0) is 45.2 Å². The van der Waals surface area contributed by atoms with Crippen molar-refractivity contribution < 1.29 is 5.11 Å². The predicted octanol–water partition coefficient (Wildman–Crippen LogP) is 2.52. The normalized spacial score (nSPS) is 19.1.